The Hall–Kier alpha value is -1.59. The van der Waals surface area contributed by atoms with Crippen LogP contribution in [0.2, 0.25) is 0 Å². The van der Waals surface area contributed by atoms with Crippen LogP contribution in [0.3, 0.4) is 0 Å². The smallest absolute Gasteiger partial charge is 0.323 e. The molecule has 1 aliphatic carbocycles. The summed E-state index contributed by atoms with van der Waals surface area (Å²) in [5.41, 5.74) is 0. The zero-order valence-corrected chi connectivity index (χ0v) is 8.54. The molecule has 2 fully saturated rings. The highest BCUT2D eigenvalue weighted by atomic mass is 16.2. The van der Waals surface area contributed by atoms with Crippen LogP contribution in [0, 0.1) is 5.41 Å². The van der Waals surface area contributed by atoms with Crippen LogP contribution in [0.15, 0.2) is 0 Å². The van der Waals surface area contributed by atoms with Gasteiger partial charge >= 0.3 is 6.03 Å². The first-order valence-corrected chi connectivity index (χ1v) is 4.99. The van der Waals surface area contributed by atoms with Crippen molar-refractivity contribution in [2.24, 2.45) is 0 Å². The summed E-state index contributed by atoms with van der Waals surface area (Å²) in [6.45, 7) is 0. The number of nitrogens with one attached hydrogen (secondary N) is 3. The van der Waals surface area contributed by atoms with Gasteiger partial charge in [0, 0.05) is 13.1 Å². The number of nitrogens with zero attached hydrogens (tertiary/aromatic N) is 1. The molecule has 0 bridgehead atoms. The lowest BCUT2D eigenvalue weighted by atomic mass is 10.2. The second-order valence-corrected chi connectivity index (χ2v) is 4.02. The molecule has 2 rings (SSSR count). The molecule has 0 spiro atoms. The maximum absolute atomic E-state index is 11.5. The quantitative estimate of drug-likeness (QED) is 0.595. The predicted octanol–water partition coefficient (Wildman–Crippen LogP) is -0.344. The Balaban J connectivity index is 1.89. The van der Waals surface area contributed by atoms with Crippen molar-refractivity contribution < 1.29 is 9.59 Å². The van der Waals surface area contributed by atoms with E-state index in [1.807, 2.05) is 0 Å². The summed E-state index contributed by atoms with van der Waals surface area (Å²) in [5, 5.41) is 12.7. The molecular formula is C9H14N4O2. The highest BCUT2D eigenvalue weighted by Gasteiger charge is 2.35. The highest BCUT2D eigenvalue weighted by Crippen LogP contribution is 2.19. The van der Waals surface area contributed by atoms with Crippen molar-refractivity contribution in [3.05, 3.63) is 0 Å². The zero-order valence-electron chi connectivity index (χ0n) is 8.54. The van der Waals surface area contributed by atoms with E-state index >= 15 is 0 Å². The van der Waals surface area contributed by atoms with Crippen molar-refractivity contribution in [3.63, 3.8) is 0 Å². The summed E-state index contributed by atoms with van der Waals surface area (Å²) < 4.78 is 0. The average Bonchev–Trinajstić information content (AvgIpc) is 2.92. The molecule has 82 valence electrons. The third kappa shape index (κ3) is 2.08. The number of carbonyl (C=O) groups is 2. The van der Waals surface area contributed by atoms with Crippen molar-refractivity contribution in [2.75, 3.05) is 7.05 Å². The maximum Gasteiger partial charge on any atom is 0.323 e. The molecule has 6 heteroatoms. The first-order valence-electron chi connectivity index (χ1n) is 4.99. The van der Waals surface area contributed by atoms with E-state index in [0.29, 0.717) is 6.04 Å². The van der Waals surface area contributed by atoms with Crippen molar-refractivity contribution in [2.45, 2.75) is 31.3 Å². The molecule has 0 aromatic heterocycles. The Morgan fingerprint density at radius 1 is 1.67 bits per heavy atom. The Kier molecular flexibility index (Phi) is 2.34. The lowest BCUT2D eigenvalue weighted by molar-refractivity contribution is -0.121. The number of likely N-dealkylation sites (N-methyl/N-ethyl adjacent to an activating group) is 1. The summed E-state index contributed by atoms with van der Waals surface area (Å²) in [4.78, 5) is 24.0. The molecule has 1 atom stereocenters. The fourth-order valence-corrected chi connectivity index (χ4v) is 1.55. The van der Waals surface area contributed by atoms with Crippen LogP contribution >= 0.6 is 0 Å². The summed E-state index contributed by atoms with van der Waals surface area (Å²) >= 11 is 0. The maximum atomic E-state index is 11.5. The molecule has 3 amide bonds. The van der Waals surface area contributed by atoms with E-state index in [0.717, 1.165) is 12.8 Å². The predicted molar refractivity (Wildman–Crippen MR) is 53.6 cm³/mol. The summed E-state index contributed by atoms with van der Waals surface area (Å²) in [6.07, 6.45) is 2.26. The topological polar surface area (TPSA) is 85.3 Å². The Bertz CT molecular complexity index is 324. The lowest BCUT2D eigenvalue weighted by Crippen LogP contribution is -2.37. The lowest BCUT2D eigenvalue weighted by Gasteiger charge is -2.16. The molecule has 3 N–H and O–H groups in total. The van der Waals surface area contributed by atoms with Gasteiger partial charge in [-0.1, -0.05) is 0 Å². The van der Waals surface area contributed by atoms with Gasteiger partial charge in [0.05, 0.1) is 12.5 Å². The molecule has 6 nitrogen and oxygen atoms in total. The van der Waals surface area contributed by atoms with Crippen LogP contribution in [-0.2, 0) is 4.79 Å². The van der Waals surface area contributed by atoms with Gasteiger partial charge in [-0.05, 0) is 12.8 Å². The number of hydrogen-bond donors (Lipinski definition) is 3. The summed E-state index contributed by atoms with van der Waals surface area (Å²) in [7, 11) is 1.59. The van der Waals surface area contributed by atoms with Crippen molar-refractivity contribution in [1.82, 2.24) is 15.5 Å². The van der Waals surface area contributed by atoms with Gasteiger partial charge in [-0.15, -0.1) is 0 Å². The molecule has 0 radical (unpaired) electrons. The number of carbonyl (C=O) groups excluding carboxylic acids is 2. The van der Waals surface area contributed by atoms with Gasteiger partial charge in [0.2, 0.25) is 5.91 Å². The monoisotopic (exact) mass is 210 g/mol. The number of amidine groups is 1. The van der Waals surface area contributed by atoms with Gasteiger partial charge in [0.15, 0.2) is 0 Å². The van der Waals surface area contributed by atoms with E-state index in [4.69, 9.17) is 5.41 Å². The zero-order chi connectivity index (χ0) is 11.0. The van der Waals surface area contributed by atoms with Crippen LogP contribution in [0.25, 0.3) is 0 Å². The summed E-state index contributed by atoms with van der Waals surface area (Å²) in [5.74, 6) is 0.0176. The van der Waals surface area contributed by atoms with E-state index in [1.54, 1.807) is 7.05 Å². The third-order valence-electron chi connectivity index (χ3n) is 2.68. The fraction of sp³-hybridized carbons (Fsp3) is 0.667. The number of rotatable bonds is 3. The van der Waals surface area contributed by atoms with Crippen LogP contribution < -0.4 is 10.6 Å². The molecular weight excluding hydrogens is 196 g/mol. The molecule has 0 aromatic rings. The number of urea groups is 1. The standard InChI is InChI=1S/C9H14N4O2/c1-13-6(8(10)12-9(13)15)4-7(14)11-5-2-3-5/h5-6H,2-4H2,1H3,(H,11,14)(H2,10,12,15). The second kappa shape index (κ2) is 3.52. The Morgan fingerprint density at radius 3 is 2.80 bits per heavy atom. The average molecular weight is 210 g/mol. The molecule has 1 unspecified atom stereocenters. The Morgan fingerprint density at radius 2 is 2.33 bits per heavy atom. The molecule has 1 aliphatic heterocycles. The fourth-order valence-electron chi connectivity index (χ4n) is 1.55. The minimum Gasteiger partial charge on any atom is -0.353 e. The SMILES string of the molecule is CN1C(=O)NC(=N)C1CC(=O)NC1CC1. The number of hydrogen-bond acceptors (Lipinski definition) is 3. The second-order valence-electron chi connectivity index (χ2n) is 4.02. The number of amides is 3. The third-order valence-corrected chi connectivity index (χ3v) is 2.68. The largest absolute Gasteiger partial charge is 0.353 e. The normalized spacial score (nSPS) is 25.4. The first-order chi connectivity index (χ1) is 7.08. The van der Waals surface area contributed by atoms with Crippen molar-refractivity contribution in [1.29, 1.82) is 5.41 Å². The van der Waals surface area contributed by atoms with Gasteiger partial charge in [-0.25, -0.2) is 4.79 Å². The van der Waals surface area contributed by atoms with Gasteiger partial charge in [-0.3, -0.25) is 15.5 Å². The highest BCUT2D eigenvalue weighted by molar-refractivity contribution is 6.07. The van der Waals surface area contributed by atoms with Crippen LogP contribution in [0.4, 0.5) is 4.79 Å². The van der Waals surface area contributed by atoms with Crippen molar-refractivity contribution in [3.8, 4) is 0 Å². The molecule has 15 heavy (non-hydrogen) atoms. The first kappa shape index (κ1) is 9.95. The van der Waals surface area contributed by atoms with Crippen LogP contribution in [0.5, 0.6) is 0 Å². The minimum absolute atomic E-state index is 0.0874. The van der Waals surface area contributed by atoms with Crippen LogP contribution in [-0.4, -0.2) is 41.8 Å². The van der Waals surface area contributed by atoms with E-state index in [2.05, 4.69) is 10.6 Å². The minimum atomic E-state index is -0.434. The van der Waals surface area contributed by atoms with Gasteiger partial charge in [0.25, 0.3) is 0 Å². The van der Waals surface area contributed by atoms with Crippen molar-refractivity contribution >= 4 is 17.8 Å². The van der Waals surface area contributed by atoms with E-state index in [1.165, 1.54) is 4.90 Å². The summed E-state index contributed by atoms with van der Waals surface area (Å²) in [6, 6.07) is -0.428. The molecule has 1 saturated heterocycles. The van der Waals surface area contributed by atoms with E-state index in [-0.39, 0.29) is 24.2 Å². The molecule has 1 heterocycles. The van der Waals surface area contributed by atoms with E-state index < -0.39 is 6.04 Å². The van der Waals surface area contributed by atoms with Crippen LogP contribution in [0.1, 0.15) is 19.3 Å². The van der Waals surface area contributed by atoms with E-state index in [9.17, 15) is 9.59 Å². The molecule has 1 saturated carbocycles. The van der Waals surface area contributed by atoms with Gasteiger partial charge in [-0.2, -0.15) is 0 Å². The Labute approximate surface area is 87.5 Å². The van der Waals surface area contributed by atoms with Gasteiger partial charge < -0.3 is 10.2 Å². The van der Waals surface area contributed by atoms with Gasteiger partial charge in [0.1, 0.15) is 5.84 Å². The molecule has 2 aliphatic rings. The molecule has 0 aromatic carbocycles.